The highest BCUT2D eigenvalue weighted by atomic mass is 15.1. The van der Waals surface area contributed by atoms with Crippen LogP contribution in [0.4, 0.5) is 11.8 Å². The summed E-state index contributed by atoms with van der Waals surface area (Å²) in [7, 11) is 0. The van der Waals surface area contributed by atoms with Crippen LogP contribution in [0.3, 0.4) is 0 Å². The summed E-state index contributed by atoms with van der Waals surface area (Å²) < 4.78 is 0. The summed E-state index contributed by atoms with van der Waals surface area (Å²) >= 11 is 0. The van der Waals surface area contributed by atoms with Gasteiger partial charge in [0, 0.05) is 12.2 Å². The Morgan fingerprint density at radius 1 is 1.29 bits per heavy atom. The van der Waals surface area contributed by atoms with E-state index in [0.29, 0.717) is 17.8 Å². The molecule has 2 saturated carbocycles. The first kappa shape index (κ1) is 8.03. The zero-order valence-electron chi connectivity index (χ0n) is 7.98. The van der Waals surface area contributed by atoms with Gasteiger partial charge in [-0.05, 0) is 37.2 Å². The molecule has 1 aromatic heterocycles. The smallest absolute Gasteiger partial charge is 0.224 e. The van der Waals surface area contributed by atoms with Crippen LogP contribution in [0.1, 0.15) is 19.3 Å². The number of nitrogens with zero attached hydrogens (tertiary/aromatic N) is 2. The van der Waals surface area contributed by atoms with Crippen LogP contribution in [0.5, 0.6) is 0 Å². The molecule has 0 radical (unpaired) electrons. The van der Waals surface area contributed by atoms with Crippen LogP contribution in [0, 0.1) is 11.8 Å². The van der Waals surface area contributed by atoms with Crippen molar-refractivity contribution in [2.75, 3.05) is 11.1 Å². The van der Waals surface area contributed by atoms with E-state index in [4.69, 9.17) is 5.73 Å². The molecule has 14 heavy (non-hydrogen) atoms. The third kappa shape index (κ3) is 1.41. The fourth-order valence-electron chi connectivity index (χ4n) is 2.46. The number of nitrogen functional groups attached to an aromatic ring is 1. The number of anilines is 2. The minimum absolute atomic E-state index is 0.533. The van der Waals surface area contributed by atoms with Crippen molar-refractivity contribution in [3.63, 3.8) is 0 Å². The molecule has 0 bridgehead atoms. The second-order valence-electron chi connectivity index (χ2n) is 4.37. The molecule has 0 spiro atoms. The molecule has 0 aromatic carbocycles. The molecule has 3 rings (SSSR count). The lowest BCUT2D eigenvalue weighted by Gasteiger charge is -2.13. The third-order valence-corrected chi connectivity index (χ3v) is 3.25. The molecule has 2 fully saturated rings. The highest BCUT2D eigenvalue weighted by Crippen LogP contribution is 2.52. The Morgan fingerprint density at radius 3 is 2.79 bits per heavy atom. The molecule has 2 atom stereocenters. The lowest BCUT2D eigenvalue weighted by atomic mass is 10.2. The first-order valence-corrected chi connectivity index (χ1v) is 5.16. The maximum absolute atomic E-state index is 5.58. The quantitative estimate of drug-likeness (QED) is 0.737. The van der Waals surface area contributed by atoms with Crippen molar-refractivity contribution in [2.24, 2.45) is 11.8 Å². The number of hydrogen-bond donors (Lipinski definition) is 2. The van der Waals surface area contributed by atoms with Crippen molar-refractivity contribution < 1.29 is 0 Å². The Balaban J connectivity index is 1.66. The van der Waals surface area contributed by atoms with Crippen LogP contribution < -0.4 is 11.1 Å². The fourth-order valence-corrected chi connectivity index (χ4v) is 2.46. The van der Waals surface area contributed by atoms with Gasteiger partial charge < -0.3 is 11.1 Å². The van der Waals surface area contributed by atoms with Gasteiger partial charge in [0.25, 0.3) is 0 Å². The van der Waals surface area contributed by atoms with Crippen LogP contribution in [-0.4, -0.2) is 16.0 Å². The molecule has 0 aliphatic heterocycles. The van der Waals surface area contributed by atoms with Gasteiger partial charge >= 0.3 is 0 Å². The lowest BCUT2D eigenvalue weighted by Crippen LogP contribution is -2.18. The molecule has 3 N–H and O–H groups in total. The van der Waals surface area contributed by atoms with Crippen LogP contribution >= 0.6 is 0 Å². The summed E-state index contributed by atoms with van der Waals surface area (Å²) in [6, 6.07) is 2.28. The number of fused-ring (bicyclic) bond motifs is 1. The van der Waals surface area contributed by atoms with Crippen LogP contribution in [0.25, 0.3) is 0 Å². The summed E-state index contributed by atoms with van der Waals surface area (Å²) in [4.78, 5) is 8.27. The fraction of sp³-hybridized carbons (Fsp3) is 0.600. The number of hydrogen-bond acceptors (Lipinski definition) is 4. The van der Waals surface area contributed by atoms with E-state index >= 15 is 0 Å². The minimum atomic E-state index is 0.533. The molecule has 2 unspecified atom stereocenters. The van der Waals surface area contributed by atoms with E-state index in [1.807, 2.05) is 0 Å². The van der Waals surface area contributed by atoms with Gasteiger partial charge in [-0.2, -0.15) is 4.98 Å². The zero-order chi connectivity index (χ0) is 9.54. The Labute approximate surface area is 82.9 Å². The van der Waals surface area contributed by atoms with Gasteiger partial charge in [0.1, 0.15) is 5.82 Å². The van der Waals surface area contributed by atoms with E-state index in [-0.39, 0.29) is 0 Å². The normalized spacial score (nSPS) is 33.9. The molecular formula is C10H14N4. The zero-order valence-corrected chi connectivity index (χ0v) is 7.98. The minimum Gasteiger partial charge on any atom is -0.384 e. The molecule has 4 nitrogen and oxygen atoms in total. The topological polar surface area (TPSA) is 63.8 Å². The van der Waals surface area contributed by atoms with Gasteiger partial charge in [-0.3, -0.25) is 0 Å². The van der Waals surface area contributed by atoms with Crippen molar-refractivity contribution in [1.82, 2.24) is 9.97 Å². The molecule has 2 aliphatic rings. The highest BCUT2D eigenvalue weighted by molar-refractivity contribution is 5.36. The Morgan fingerprint density at radius 2 is 2.07 bits per heavy atom. The Kier molecular flexibility index (Phi) is 1.63. The van der Waals surface area contributed by atoms with Gasteiger partial charge in [0.15, 0.2) is 0 Å². The van der Waals surface area contributed by atoms with Crippen LogP contribution in [-0.2, 0) is 0 Å². The molecule has 1 aromatic rings. The van der Waals surface area contributed by atoms with Crippen LogP contribution in [0.15, 0.2) is 12.3 Å². The molecule has 4 heteroatoms. The maximum atomic E-state index is 5.58. The summed E-state index contributed by atoms with van der Waals surface area (Å²) in [6.07, 6.45) is 5.70. The molecular weight excluding hydrogens is 176 g/mol. The second-order valence-corrected chi connectivity index (χ2v) is 4.37. The summed E-state index contributed by atoms with van der Waals surface area (Å²) in [5.41, 5.74) is 5.58. The van der Waals surface area contributed by atoms with Crippen molar-refractivity contribution in [1.29, 1.82) is 0 Å². The van der Waals surface area contributed by atoms with Crippen molar-refractivity contribution in [2.45, 2.75) is 25.3 Å². The number of aromatic nitrogens is 2. The first-order chi connectivity index (χ1) is 6.81. The number of nitrogens with two attached hydrogens (primary N) is 1. The highest BCUT2D eigenvalue weighted by Gasteiger charge is 2.45. The van der Waals surface area contributed by atoms with E-state index in [1.165, 1.54) is 19.3 Å². The summed E-state index contributed by atoms with van der Waals surface area (Å²) in [5, 5.41) is 3.34. The number of nitrogens with one attached hydrogen (secondary N) is 1. The maximum Gasteiger partial charge on any atom is 0.224 e. The second kappa shape index (κ2) is 2.83. The molecule has 0 saturated heterocycles. The van der Waals surface area contributed by atoms with Crippen LogP contribution in [0.2, 0.25) is 0 Å². The Bertz CT molecular complexity index is 342. The van der Waals surface area contributed by atoms with E-state index in [9.17, 15) is 0 Å². The number of rotatable bonds is 2. The van der Waals surface area contributed by atoms with Crippen molar-refractivity contribution in [3.8, 4) is 0 Å². The van der Waals surface area contributed by atoms with E-state index in [1.54, 1.807) is 12.3 Å². The van der Waals surface area contributed by atoms with E-state index in [0.717, 1.165) is 11.8 Å². The third-order valence-electron chi connectivity index (χ3n) is 3.25. The van der Waals surface area contributed by atoms with Crippen molar-refractivity contribution >= 4 is 11.8 Å². The summed E-state index contributed by atoms with van der Waals surface area (Å²) in [5.74, 6) is 3.17. The van der Waals surface area contributed by atoms with Gasteiger partial charge in [-0.15, -0.1) is 0 Å². The monoisotopic (exact) mass is 190 g/mol. The van der Waals surface area contributed by atoms with E-state index < -0.39 is 0 Å². The standard InChI is InChI=1S/C10H14N4/c11-9-1-2-12-10(14-9)13-8-4-6-3-7(6)5-8/h1-2,6-8H,3-5H2,(H3,11,12,13,14). The average molecular weight is 190 g/mol. The van der Waals surface area contributed by atoms with E-state index in [2.05, 4.69) is 15.3 Å². The SMILES string of the molecule is Nc1ccnc(NC2CC3CC3C2)n1. The summed E-state index contributed by atoms with van der Waals surface area (Å²) in [6.45, 7) is 0. The first-order valence-electron chi connectivity index (χ1n) is 5.16. The predicted octanol–water partition coefficient (Wildman–Crippen LogP) is 1.27. The predicted molar refractivity (Wildman–Crippen MR) is 54.7 cm³/mol. The van der Waals surface area contributed by atoms with Crippen molar-refractivity contribution in [3.05, 3.63) is 12.3 Å². The van der Waals surface area contributed by atoms with Gasteiger partial charge in [0.2, 0.25) is 5.95 Å². The molecule has 1 heterocycles. The Hall–Kier alpha value is -1.32. The van der Waals surface area contributed by atoms with Gasteiger partial charge in [-0.25, -0.2) is 4.98 Å². The lowest BCUT2D eigenvalue weighted by molar-refractivity contribution is 0.646. The molecule has 2 aliphatic carbocycles. The molecule has 74 valence electrons. The largest absolute Gasteiger partial charge is 0.384 e. The molecule has 0 amide bonds. The van der Waals surface area contributed by atoms with Gasteiger partial charge in [-0.1, -0.05) is 0 Å². The van der Waals surface area contributed by atoms with Gasteiger partial charge in [0.05, 0.1) is 0 Å². The average Bonchev–Trinajstić information content (AvgIpc) is 2.74.